The molecule has 1 radical (unpaired) electrons. The largest absolute Gasteiger partial charge is 0.392 e. The third kappa shape index (κ3) is 1.75. The van der Waals surface area contributed by atoms with Gasteiger partial charge in [-0.1, -0.05) is 12.2 Å². The number of allylic oxidation sites excluding steroid dienone is 1. The van der Waals surface area contributed by atoms with Crippen LogP contribution in [0.25, 0.3) is 0 Å². The Morgan fingerprint density at radius 2 is 2.17 bits per heavy atom. The molecule has 1 fully saturated rings. The van der Waals surface area contributed by atoms with Gasteiger partial charge in [0.15, 0.2) is 0 Å². The Balaban J connectivity index is 2.62. The number of rotatable bonds is 2. The molecule has 2 heteroatoms. The normalized spacial score (nSPS) is 35.1. The summed E-state index contributed by atoms with van der Waals surface area (Å²) < 4.78 is 0. The molecule has 1 N–H and O–H groups in total. The molecule has 0 aromatic heterocycles. The van der Waals surface area contributed by atoms with Crippen molar-refractivity contribution in [2.24, 2.45) is 11.8 Å². The molecule has 0 aliphatic heterocycles. The van der Waals surface area contributed by atoms with Gasteiger partial charge < -0.3 is 5.11 Å². The standard InChI is InChI=1S/C10H15O2/c1-6(2)8-4-9(7(3)11)10(12)5-8/h5,8-10,12H,1,4H2,2-3H3. The molecule has 1 saturated carbocycles. The van der Waals surface area contributed by atoms with E-state index >= 15 is 0 Å². The van der Waals surface area contributed by atoms with Gasteiger partial charge in [0, 0.05) is 5.92 Å². The van der Waals surface area contributed by atoms with Crippen molar-refractivity contribution in [3.05, 3.63) is 18.6 Å². The van der Waals surface area contributed by atoms with E-state index in [-0.39, 0.29) is 17.6 Å². The smallest absolute Gasteiger partial charge is 0.135 e. The molecular weight excluding hydrogens is 152 g/mol. The molecule has 12 heavy (non-hydrogen) atoms. The van der Waals surface area contributed by atoms with Crippen molar-refractivity contribution in [2.75, 3.05) is 0 Å². The van der Waals surface area contributed by atoms with Crippen molar-refractivity contribution in [3.63, 3.8) is 0 Å². The van der Waals surface area contributed by atoms with Gasteiger partial charge in [-0.15, -0.1) is 0 Å². The van der Waals surface area contributed by atoms with Crippen molar-refractivity contribution in [1.29, 1.82) is 0 Å². The molecule has 1 aliphatic rings. The fourth-order valence-corrected chi connectivity index (χ4v) is 1.64. The molecule has 67 valence electrons. The van der Waals surface area contributed by atoms with Gasteiger partial charge in [-0.25, -0.2) is 0 Å². The van der Waals surface area contributed by atoms with E-state index in [2.05, 4.69) is 6.58 Å². The fourth-order valence-electron chi connectivity index (χ4n) is 1.64. The Bertz CT molecular complexity index is 208. The number of carbonyl (C=O) groups is 1. The molecular formula is C10H15O2. The molecule has 2 nitrogen and oxygen atoms in total. The van der Waals surface area contributed by atoms with E-state index in [9.17, 15) is 9.90 Å². The van der Waals surface area contributed by atoms with Crippen molar-refractivity contribution < 1.29 is 9.90 Å². The second-order valence-electron chi connectivity index (χ2n) is 3.59. The van der Waals surface area contributed by atoms with Crippen LogP contribution < -0.4 is 0 Å². The minimum Gasteiger partial charge on any atom is -0.392 e. The van der Waals surface area contributed by atoms with Crippen LogP contribution in [-0.2, 0) is 4.79 Å². The first-order valence-corrected chi connectivity index (χ1v) is 4.21. The Morgan fingerprint density at radius 1 is 1.58 bits per heavy atom. The summed E-state index contributed by atoms with van der Waals surface area (Å²) in [5, 5.41) is 9.46. The van der Waals surface area contributed by atoms with E-state index in [1.807, 2.05) is 13.3 Å². The molecule has 3 unspecified atom stereocenters. The lowest BCUT2D eigenvalue weighted by Crippen LogP contribution is -2.20. The summed E-state index contributed by atoms with van der Waals surface area (Å²) in [5.41, 5.74) is 1.03. The fraction of sp³-hybridized carbons (Fsp3) is 0.600. The number of Topliss-reactive ketones (excluding diaryl/α,β-unsaturated/α-hetero) is 1. The van der Waals surface area contributed by atoms with Crippen LogP contribution >= 0.6 is 0 Å². The Morgan fingerprint density at radius 3 is 2.42 bits per heavy atom. The van der Waals surface area contributed by atoms with E-state index in [4.69, 9.17) is 0 Å². The minimum absolute atomic E-state index is 0.0718. The molecule has 0 aromatic rings. The predicted octanol–water partition coefficient (Wildman–Crippen LogP) is 1.35. The quantitative estimate of drug-likeness (QED) is 0.630. The maximum absolute atomic E-state index is 11.0. The number of aliphatic hydroxyl groups excluding tert-OH is 1. The Labute approximate surface area is 73.3 Å². The van der Waals surface area contributed by atoms with Crippen LogP contribution in [0.5, 0.6) is 0 Å². The minimum atomic E-state index is -0.566. The summed E-state index contributed by atoms with van der Waals surface area (Å²) in [6.07, 6.45) is 1.98. The first-order valence-electron chi connectivity index (χ1n) is 4.21. The third-order valence-corrected chi connectivity index (χ3v) is 2.50. The van der Waals surface area contributed by atoms with Crippen LogP contribution in [0.2, 0.25) is 0 Å². The molecule has 0 saturated heterocycles. The summed E-state index contributed by atoms with van der Waals surface area (Å²) in [5.74, 6) is 0.0862. The highest BCUT2D eigenvalue weighted by Gasteiger charge is 2.35. The van der Waals surface area contributed by atoms with Gasteiger partial charge in [-0.3, -0.25) is 4.79 Å². The summed E-state index contributed by atoms with van der Waals surface area (Å²) in [4.78, 5) is 11.0. The molecule has 0 bridgehead atoms. The monoisotopic (exact) mass is 167 g/mol. The number of carbonyl (C=O) groups excluding carboxylic acids is 1. The van der Waals surface area contributed by atoms with E-state index in [0.717, 1.165) is 12.0 Å². The molecule has 1 rings (SSSR count). The van der Waals surface area contributed by atoms with Crippen LogP contribution in [0, 0.1) is 18.3 Å². The lowest BCUT2D eigenvalue weighted by atomic mass is 9.97. The molecule has 1 aliphatic carbocycles. The van der Waals surface area contributed by atoms with Gasteiger partial charge in [0.1, 0.15) is 5.78 Å². The van der Waals surface area contributed by atoms with Gasteiger partial charge in [0.2, 0.25) is 0 Å². The van der Waals surface area contributed by atoms with Gasteiger partial charge in [-0.2, -0.15) is 0 Å². The zero-order chi connectivity index (χ0) is 9.30. The summed E-state index contributed by atoms with van der Waals surface area (Å²) in [6.45, 7) is 7.27. The SMILES string of the molecule is C=C(C)C1[CH]C(O)C(C(C)=O)C1. The highest BCUT2D eigenvalue weighted by atomic mass is 16.3. The van der Waals surface area contributed by atoms with Crippen LogP contribution in [-0.4, -0.2) is 17.0 Å². The highest BCUT2D eigenvalue weighted by Crippen LogP contribution is 2.34. The molecule has 0 spiro atoms. The summed E-state index contributed by atoms with van der Waals surface area (Å²) >= 11 is 0. The van der Waals surface area contributed by atoms with Crippen molar-refractivity contribution in [1.82, 2.24) is 0 Å². The van der Waals surface area contributed by atoms with Crippen molar-refractivity contribution >= 4 is 5.78 Å². The van der Waals surface area contributed by atoms with Crippen molar-refractivity contribution in [3.8, 4) is 0 Å². The number of hydrogen-bond donors (Lipinski definition) is 1. The second-order valence-corrected chi connectivity index (χ2v) is 3.59. The predicted molar refractivity (Wildman–Crippen MR) is 47.4 cm³/mol. The van der Waals surface area contributed by atoms with Gasteiger partial charge >= 0.3 is 0 Å². The van der Waals surface area contributed by atoms with Gasteiger partial charge in [0.05, 0.1) is 6.10 Å². The van der Waals surface area contributed by atoms with E-state index < -0.39 is 6.10 Å². The van der Waals surface area contributed by atoms with Crippen LogP contribution in [0.4, 0.5) is 0 Å². The Hall–Kier alpha value is -0.630. The number of hydrogen-bond acceptors (Lipinski definition) is 2. The lowest BCUT2D eigenvalue weighted by Gasteiger charge is -2.08. The zero-order valence-electron chi connectivity index (χ0n) is 7.58. The van der Waals surface area contributed by atoms with Gasteiger partial charge in [-0.05, 0) is 32.6 Å². The second kappa shape index (κ2) is 3.40. The average molecular weight is 167 g/mol. The zero-order valence-corrected chi connectivity index (χ0v) is 7.58. The highest BCUT2D eigenvalue weighted by molar-refractivity contribution is 5.79. The van der Waals surface area contributed by atoms with Gasteiger partial charge in [0.25, 0.3) is 0 Å². The first kappa shape index (κ1) is 9.46. The summed E-state index contributed by atoms with van der Waals surface area (Å²) in [7, 11) is 0. The first-order chi connectivity index (χ1) is 5.52. The molecule has 0 heterocycles. The maximum Gasteiger partial charge on any atom is 0.135 e. The van der Waals surface area contributed by atoms with E-state index in [1.54, 1.807) is 0 Å². The van der Waals surface area contributed by atoms with E-state index in [1.165, 1.54) is 6.92 Å². The Kier molecular flexibility index (Phi) is 2.68. The molecule has 0 aromatic carbocycles. The van der Waals surface area contributed by atoms with Crippen LogP contribution in [0.3, 0.4) is 0 Å². The van der Waals surface area contributed by atoms with E-state index in [0.29, 0.717) is 0 Å². The van der Waals surface area contributed by atoms with Crippen LogP contribution in [0.1, 0.15) is 20.3 Å². The third-order valence-electron chi connectivity index (χ3n) is 2.50. The van der Waals surface area contributed by atoms with Crippen LogP contribution in [0.15, 0.2) is 12.2 Å². The lowest BCUT2D eigenvalue weighted by molar-refractivity contribution is -0.122. The summed E-state index contributed by atoms with van der Waals surface area (Å²) in [6, 6.07) is 0. The maximum atomic E-state index is 11.0. The number of ketones is 1. The topological polar surface area (TPSA) is 37.3 Å². The number of aliphatic hydroxyl groups is 1. The average Bonchev–Trinajstić information content (AvgIpc) is 2.30. The molecule has 0 amide bonds. The van der Waals surface area contributed by atoms with Crippen molar-refractivity contribution in [2.45, 2.75) is 26.4 Å². The molecule has 3 atom stereocenters.